The number of aromatic nitrogens is 6. The van der Waals surface area contributed by atoms with Crippen molar-refractivity contribution in [3.63, 3.8) is 0 Å². The van der Waals surface area contributed by atoms with Gasteiger partial charge in [-0.2, -0.15) is 0 Å². The lowest BCUT2D eigenvalue weighted by atomic mass is 10.1. The Morgan fingerprint density at radius 1 is 0.696 bits per heavy atom. The van der Waals surface area contributed by atoms with Crippen LogP contribution in [0.2, 0.25) is 0 Å². The molecule has 7 rings (SSSR count). The highest BCUT2D eigenvalue weighted by molar-refractivity contribution is 6.05. The van der Waals surface area contributed by atoms with E-state index in [0.717, 1.165) is 11.1 Å². The number of esters is 1. The number of phenolic OH excluding ortho intramolecular Hbond substituents is 2. The van der Waals surface area contributed by atoms with Gasteiger partial charge in [-0.25, -0.2) is 4.79 Å². The summed E-state index contributed by atoms with van der Waals surface area (Å²) in [4.78, 5) is 27.3. The summed E-state index contributed by atoms with van der Waals surface area (Å²) in [5.74, 6) is -0.281. The first kappa shape index (κ1) is 38.9. The minimum Gasteiger partial charge on any atom is -0.505 e. The van der Waals surface area contributed by atoms with Crippen LogP contribution in [0.3, 0.4) is 0 Å². The summed E-state index contributed by atoms with van der Waals surface area (Å²) in [6.07, 6.45) is 0.925. The number of phenols is 2. The molecule has 0 spiro atoms. The molecule has 5 N–H and O–H groups in total. The highest BCUT2D eigenvalue weighted by atomic mass is 16.5. The third kappa shape index (κ3) is 8.43. The average Bonchev–Trinajstić information content (AvgIpc) is 3.81. The summed E-state index contributed by atoms with van der Waals surface area (Å²) in [5.41, 5.74) is 7.42. The zero-order valence-corrected chi connectivity index (χ0v) is 31.2. The Bertz CT molecular complexity index is 2530. The van der Waals surface area contributed by atoms with E-state index < -0.39 is 5.97 Å². The van der Waals surface area contributed by atoms with E-state index in [1.165, 1.54) is 16.7 Å². The molecule has 0 saturated carbocycles. The topological polar surface area (TPSA) is 207 Å². The summed E-state index contributed by atoms with van der Waals surface area (Å²) in [6, 6.07) is 24.6. The molecule has 56 heavy (non-hydrogen) atoms. The third-order valence-electron chi connectivity index (χ3n) is 8.78. The number of nitrogens with one attached hydrogen (secondary N) is 1. The number of amides is 1. The highest BCUT2D eigenvalue weighted by Crippen LogP contribution is 2.31. The SMILES string of the molecule is CCOC(=O)c1cc2nn(-c3cc(CCO)cc(C)c3O)nc2cc1OC.Cc1cc(CCO)cc(-n2nc3ccc(C(=O)Nc4ccccc4)cc3n2)c1O. The van der Waals surface area contributed by atoms with Crippen molar-refractivity contribution < 1.29 is 39.5 Å². The van der Waals surface area contributed by atoms with Gasteiger partial charge in [-0.3, -0.25) is 4.79 Å². The van der Waals surface area contributed by atoms with Crippen LogP contribution in [-0.2, 0) is 17.6 Å². The average molecular weight is 760 g/mol. The van der Waals surface area contributed by atoms with Crippen LogP contribution in [0.5, 0.6) is 17.2 Å². The molecule has 0 aliphatic rings. The Kier molecular flexibility index (Phi) is 11.9. The summed E-state index contributed by atoms with van der Waals surface area (Å²) in [6.45, 7) is 5.54. The van der Waals surface area contributed by atoms with Crippen molar-refractivity contribution in [3.8, 4) is 28.6 Å². The zero-order chi connectivity index (χ0) is 39.9. The van der Waals surface area contributed by atoms with Gasteiger partial charge in [0.15, 0.2) is 0 Å². The van der Waals surface area contributed by atoms with Crippen LogP contribution in [0.1, 0.15) is 49.9 Å². The quantitative estimate of drug-likeness (QED) is 0.106. The van der Waals surface area contributed by atoms with Crippen LogP contribution in [0.25, 0.3) is 33.4 Å². The van der Waals surface area contributed by atoms with Crippen LogP contribution < -0.4 is 10.1 Å². The van der Waals surface area contributed by atoms with E-state index in [4.69, 9.17) is 9.47 Å². The maximum absolute atomic E-state index is 12.5. The van der Waals surface area contributed by atoms with Gasteiger partial charge in [0.25, 0.3) is 5.91 Å². The Balaban J connectivity index is 0.000000190. The third-order valence-corrected chi connectivity index (χ3v) is 8.78. The van der Waals surface area contributed by atoms with Gasteiger partial charge in [0.2, 0.25) is 0 Å². The molecule has 15 nitrogen and oxygen atoms in total. The first-order chi connectivity index (χ1) is 27.0. The molecule has 15 heteroatoms. The number of nitrogens with zero attached hydrogens (tertiary/aromatic N) is 6. The molecule has 0 aliphatic carbocycles. The van der Waals surface area contributed by atoms with E-state index in [0.29, 0.717) is 74.4 Å². The predicted octanol–water partition coefficient (Wildman–Crippen LogP) is 5.38. The van der Waals surface area contributed by atoms with Gasteiger partial charge in [-0.15, -0.1) is 30.0 Å². The zero-order valence-electron chi connectivity index (χ0n) is 31.2. The van der Waals surface area contributed by atoms with E-state index in [-0.39, 0.29) is 42.8 Å². The van der Waals surface area contributed by atoms with Crippen molar-refractivity contribution >= 4 is 39.6 Å². The number of para-hydroxylation sites is 1. The predicted molar refractivity (Wildman–Crippen MR) is 209 cm³/mol. The number of aryl methyl sites for hydroxylation is 2. The molecule has 2 heterocycles. The second kappa shape index (κ2) is 17.1. The van der Waals surface area contributed by atoms with Crippen molar-refractivity contribution in [2.24, 2.45) is 0 Å². The number of carbonyl (C=O) groups is 2. The van der Waals surface area contributed by atoms with Crippen LogP contribution in [-0.4, -0.2) is 89.2 Å². The van der Waals surface area contributed by atoms with Crippen molar-refractivity contribution in [2.75, 3.05) is 32.2 Å². The van der Waals surface area contributed by atoms with Gasteiger partial charge >= 0.3 is 5.97 Å². The minimum atomic E-state index is -0.505. The van der Waals surface area contributed by atoms with Crippen molar-refractivity contribution in [1.82, 2.24) is 30.0 Å². The van der Waals surface area contributed by atoms with Gasteiger partial charge in [-0.05, 0) is 104 Å². The fraction of sp³-hybridized carbons (Fsp3) is 0.220. The lowest BCUT2D eigenvalue weighted by Gasteiger charge is -2.09. The van der Waals surface area contributed by atoms with E-state index in [9.17, 15) is 30.0 Å². The molecule has 1 amide bonds. The van der Waals surface area contributed by atoms with E-state index in [2.05, 4.69) is 25.7 Å². The number of rotatable bonds is 11. The van der Waals surface area contributed by atoms with E-state index in [1.807, 2.05) is 36.4 Å². The minimum absolute atomic E-state index is 0.00172. The molecule has 0 atom stereocenters. The standard InChI is InChI=1S/C22H20N4O3.C19H21N3O5/c1-14-11-15(9-10-27)12-20(21(14)28)26-24-18-8-7-16(13-19(18)25-26)22(29)23-17-5-3-2-4-6-17;1-4-27-19(25)13-9-14-15(10-17(13)26-3)21-22(20-14)16-8-12(5-6-23)7-11(2)18(16)24/h2-8,11-13,27-28H,9-10H2,1H3,(H,23,29);7-10,23-24H,4-6H2,1-3H3. The number of hydrogen-bond acceptors (Lipinski definition) is 12. The van der Waals surface area contributed by atoms with Crippen molar-refractivity contribution in [2.45, 2.75) is 33.6 Å². The monoisotopic (exact) mass is 759 g/mol. The number of benzene rings is 5. The molecule has 5 aromatic carbocycles. The Hall–Kier alpha value is -6.84. The lowest BCUT2D eigenvalue weighted by molar-refractivity contribution is 0.0522. The van der Waals surface area contributed by atoms with Crippen LogP contribution >= 0.6 is 0 Å². The Labute approximate surface area is 321 Å². The Morgan fingerprint density at radius 2 is 1.23 bits per heavy atom. The molecule has 0 radical (unpaired) electrons. The summed E-state index contributed by atoms with van der Waals surface area (Å²) >= 11 is 0. The summed E-state index contributed by atoms with van der Waals surface area (Å²) < 4.78 is 10.3. The number of aliphatic hydroxyl groups is 2. The second-order valence-electron chi connectivity index (χ2n) is 12.8. The van der Waals surface area contributed by atoms with Crippen LogP contribution in [0.4, 0.5) is 5.69 Å². The molecule has 0 saturated heterocycles. The van der Waals surface area contributed by atoms with Crippen LogP contribution in [0.15, 0.2) is 84.9 Å². The highest BCUT2D eigenvalue weighted by Gasteiger charge is 2.19. The molecule has 0 unspecified atom stereocenters. The number of aromatic hydroxyl groups is 2. The maximum atomic E-state index is 12.5. The molecular formula is C41H41N7O8. The van der Waals surface area contributed by atoms with Gasteiger partial charge < -0.3 is 35.2 Å². The van der Waals surface area contributed by atoms with Gasteiger partial charge in [-0.1, -0.05) is 30.3 Å². The number of carbonyl (C=O) groups excluding carboxylic acids is 2. The Morgan fingerprint density at radius 3 is 1.77 bits per heavy atom. The largest absolute Gasteiger partial charge is 0.505 e. The summed E-state index contributed by atoms with van der Waals surface area (Å²) in [5, 5.41) is 59.7. The molecule has 0 bridgehead atoms. The van der Waals surface area contributed by atoms with Gasteiger partial charge in [0.05, 0.1) is 13.7 Å². The number of hydrogen-bond donors (Lipinski definition) is 5. The molecule has 0 aliphatic heterocycles. The van der Waals surface area contributed by atoms with E-state index in [1.54, 1.807) is 69.3 Å². The second-order valence-corrected chi connectivity index (χ2v) is 12.8. The van der Waals surface area contributed by atoms with Crippen molar-refractivity contribution in [3.05, 3.63) is 118 Å². The smallest absolute Gasteiger partial charge is 0.341 e. The van der Waals surface area contributed by atoms with Gasteiger partial charge in [0.1, 0.15) is 56.3 Å². The fourth-order valence-corrected chi connectivity index (χ4v) is 6.00. The molecule has 288 valence electrons. The fourth-order valence-electron chi connectivity index (χ4n) is 6.00. The number of aliphatic hydroxyl groups excluding tert-OH is 2. The lowest BCUT2D eigenvalue weighted by Crippen LogP contribution is -2.11. The normalized spacial score (nSPS) is 11.0. The first-order valence-corrected chi connectivity index (χ1v) is 17.8. The first-order valence-electron chi connectivity index (χ1n) is 17.8. The molecule has 7 aromatic rings. The number of fused-ring (bicyclic) bond motifs is 2. The number of methoxy groups -OCH3 is 1. The molecular weight excluding hydrogens is 718 g/mol. The van der Waals surface area contributed by atoms with Gasteiger partial charge in [0, 0.05) is 30.5 Å². The number of anilines is 1. The molecule has 2 aromatic heterocycles. The number of ether oxygens (including phenoxy) is 2. The summed E-state index contributed by atoms with van der Waals surface area (Å²) in [7, 11) is 1.46. The van der Waals surface area contributed by atoms with Crippen LogP contribution in [0, 0.1) is 13.8 Å². The molecule has 0 fully saturated rings. The van der Waals surface area contributed by atoms with E-state index >= 15 is 0 Å². The maximum Gasteiger partial charge on any atom is 0.341 e. The van der Waals surface area contributed by atoms with Crippen molar-refractivity contribution in [1.29, 1.82) is 0 Å².